The molecule has 0 aliphatic carbocycles. The summed E-state index contributed by atoms with van der Waals surface area (Å²) in [6.07, 6.45) is 1.56. The second-order valence-corrected chi connectivity index (χ2v) is 10.5. The van der Waals surface area contributed by atoms with E-state index in [1.807, 2.05) is 17.9 Å². The highest BCUT2D eigenvalue weighted by Gasteiger charge is 2.32. The van der Waals surface area contributed by atoms with Crippen molar-refractivity contribution < 1.29 is 13.2 Å². The highest BCUT2D eigenvalue weighted by atomic mass is 79.9. The molecule has 2 amide bonds. The molecule has 1 aromatic heterocycles. The van der Waals surface area contributed by atoms with Crippen LogP contribution in [0, 0.1) is 6.92 Å². The van der Waals surface area contributed by atoms with Crippen LogP contribution in [0.3, 0.4) is 0 Å². The molecule has 4 rings (SSSR count). The number of aryl methyl sites for hydroxylation is 1. The topological polar surface area (TPSA) is 90.0 Å². The van der Waals surface area contributed by atoms with E-state index in [9.17, 15) is 13.2 Å². The number of hydrogen-bond donors (Lipinski definition) is 0. The van der Waals surface area contributed by atoms with Crippen LogP contribution in [0.25, 0.3) is 0 Å². The Labute approximate surface area is 190 Å². The Morgan fingerprint density at radius 3 is 2.06 bits per heavy atom. The minimum Gasteiger partial charge on any atom is -0.353 e. The van der Waals surface area contributed by atoms with E-state index in [1.54, 1.807) is 35.5 Å². The maximum Gasteiger partial charge on any atom is 0.320 e. The van der Waals surface area contributed by atoms with Crippen LogP contribution in [0.1, 0.15) is 5.69 Å². The minimum atomic E-state index is -3.55. The summed E-state index contributed by atoms with van der Waals surface area (Å²) in [6, 6.07) is 8.54. The van der Waals surface area contributed by atoms with Crippen molar-refractivity contribution in [1.29, 1.82) is 0 Å². The third kappa shape index (κ3) is 4.83. The number of urea groups is 1. The molecule has 0 saturated carbocycles. The van der Waals surface area contributed by atoms with Gasteiger partial charge in [0.2, 0.25) is 10.0 Å². The molecule has 0 N–H and O–H groups in total. The van der Waals surface area contributed by atoms with E-state index in [0.29, 0.717) is 52.4 Å². The number of carbonyl (C=O) groups excluding carboxylic acids is 1. The first kappa shape index (κ1) is 22.0. The van der Waals surface area contributed by atoms with Crippen molar-refractivity contribution in [2.45, 2.75) is 11.8 Å². The van der Waals surface area contributed by atoms with Gasteiger partial charge in [-0.3, -0.25) is 0 Å². The Morgan fingerprint density at radius 1 is 0.903 bits per heavy atom. The second kappa shape index (κ2) is 9.09. The van der Waals surface area contributed by atoms with E-state index >= 15 is 0 Å². The number of anilines is 1. The number of amides is 2. The summed E-state index contributed by atoms with van der Waals surface area (Å²) in [5, 5.41) is 0. The van der Waals surface area contributed by atoms with Gasteiger partial charge in [0.1, 0.15) is 12.1 Å². The van der Waals surface area contributed by atoms with Crippen molar-refractivity contribution >= 4 is 37.8 Å². The van der Waals surface area contributed by atoms with Crippen molar-refractivity contribution in [2.75, 3.05) is 57.3 Å². The highest BCUT2D eigenvalue weighted by Crippen LogP contribution is 2.21. The van der Waals surface area contributed by atoms with Crippen molar-refractivity contribution in [3.8, 4) is 0 Å². The molecule has 1 aromatic carbocycles. The number of halogens is 1. The van der Waals surface area contributed by atoms with Gasteiger partial charge >= 0.3 is 6.03 Å². The van der Waals surface area contributed by atoms with Gasteiger partial charge in [-0.1, -0.05) is 15.9 Å². The summed E-state index contributed by atoms with van der Waals surface area (Å²) < 4.78 is 28.0. The number of aromatic nitrogens is 2. The van der Waals surface area contributed by atoms with E-state index in [4.69, 9.17) is 0 Å². The van der Waals surface area contributed by atoms with Gasteiger partial charge < -0.3 is 14.7 Å². The molecule has 2 aromatic rings. The van der Waals surface area contributed by atoms with Crippen LogP contribution in [0.5, 0.6) is 0 Å². The van der Waals surface area contributed by atoms with Crippen LogP contribution in [0.15, 0.2) is 46.0 Å². The largest absolute Gasteiger partial charge is 0.353 e. The molecule has 31 heavy (non-hydrogen) atoms. The Bertz CT molecular complexity index is 1030. The molecule has 3 heterocycles. The molecule has 0 atom stereocenters. The lowest BCUT2D eigenvalue weighted by Crippen LogP contribution is -2.57. The Kier molecular flexibility index (Phi) is 6.44. The van der Waals surface area contributed by atoms with E-state index in [0.717, 1.165) is 16.0 Å². The van der Waals surface area contributed by atoms with Gasteiger partial charge in [-0.15, -0.1) is 0 Å². The quantitative estimate of drug-likeness (QED) is 0.627. The Morgan fingerprint density at radius 2 is 1.48 bits per heavy atom. The molecule has 0 bridgehead atoms. The van der Waals surface area contributed by atoms with E-state index in [2.05, 4.69) is 30.8 Å². The number of nitrogens with zero attached hydrogens (tertiary/aromatic N) is 6. The highest BCUT2D eigenvalue weighted by molar-refractivity contribution is 9.10. The molecule has 2 aliphatic rings. The third-order valence-corrected chi connectivity index (χ3v) is 8.07. The maximum atomic E-state index is 12.9. The lowest BCUT2D eigenvalue weighted by Gasteiger charge is -2.40. The van der Waals surface area contributed by atoms with Crippen LogP contribution in [-0.2, 0) is 10.0 Å². The SMILES string of the molecule is Cc1cc(N2CCN(C(=O)N3CCN(S(=O)(=O)c4ccc(Br)cc4)CC3)CC2)ncn1. The molecule has 2 saturated heterocycles. The maximum absolute atomic E-state index is 12.9. The van der Waals surface area contributed by atoms with E-state index in [-0.39, 0.29) is 10.9 Å². The molecule has 0 radical (unpaired) electrons. The fourth-order valence-electron chi connectivity index (χ4n) is 3.82. The van der Waals surface area contributed by atoms with Crippen molar-refractivity contribution in [3.63, 3.8) is 0 Å². The first-order valence-electron chi connectivity index (χ1n) is 10.2. The molecule has 9 nitrogen and oxygen atoms in total. The van der Waals surface area contributed by atoms with Crippen LogP contribution >= 0.6 is 15.9 Å². The van der Waals surface area contributed by atoms with Crippen molar-refractivity contribution in [3.05, 3.63) is 46.8 Å². The standard InChI is InChI=1S/C20H25BrN6O3S/c1-16-14-19(23-15-22-16)24-6-8-25(9-7-24)20(28)26-10-12-27(13-11-26)31(29,30)18-4-2-17(21)3-5-18/h2-5,14-15H,6-13H2,1H3. The monoisotopic (exact) mass is 508 g/mol. The fraction of sp³-hybridized carbons (Fsp3) is 0.450. The van der Waals surface area contributed by atoms with Gasteiger partial charge in [-0.05, 0) is 31.2 Å². The number of piperazine rings is 2. The molecule has 11 heteroatoms. The van der Waals surface area contributed by atoms with Crippen LogP contribution < -0.4 is 4.90 Å². The zero-order valence-corrected chi connectivity index (χ0v) is 19.7. The van der Waals surface area contributed by atoms with E-state index < -0.39 is 10.0 Å². The van der Waals surface area contributed by atoms with Crippen molar-refractivity contribution in [1.82, 2.24) is 24.1 Å². The van der Waals surface area contributed by atoms with Crippen LogP contribution in [0.4, 0.5) is 10.6 Å². The summed E-state index contributed by atoms with van der Waals surface area (Å²) in [4.78, 5) is 27.4. The number of benzene rings is 1. The lowest BCUT2D eigenvalue weighted by molar-refractivity contribution is 0.132. The third-order valence-electron chi connectivity index (χ3n) is 5.62. The average Bonchev–Trinajstić information content (AvgIpc) is 2.79. The Hall–Kier alpha value is -2.24. The smallest absolute Gasteiger partial charge is 0.320 e. The number of carbonyl (C=O) groups is 1. The van der Waals surface area contributed by atoms with E-state index in [1.165, 1.54) is 4.31 Å². The molecule has 0 spiro atoms. The minimum absolute atomic E-state index is 0.0285. The first-order valence-corrected chi connectivity index (χ1v) is 12.4. The normalized spacial score (nSPS) is 18.3. The van der Waals surface area contributed by atoms with Gasteiger partial charge in [0.05, 0.1) is 4.90 Å². The Balaban J connectivity index is 1.31. The van der Waals surface area contributed by atoms with Crippen molar-refractivity contribution in [2.24, 2.45) is 0 Å². The number of rotatable bonds is 3. The number of sulfonamides is 1. The van der Waals surface area contributed by atoms with Gasteiger partial charge in [0.25, 0.3) is 0 Å². The fourth-order valence-corrected chi connectivity index (χ4v) is 5.50. The summed E-state index contributed by atoms with van der Waals surface area (Å²) in [5.74, 6) is 0.881. The summed E-state index contributed by atoms with van der Waals surface area (Å²) in [6.45, 7) is 5.94. The molecule has 2 aliphatic heterocycles. The average molecular weight is 509 g/mol. The summed E-state index contributed by atoms with van der Waals surface area (Å²) in [7, 11) is -3.55. The predicted octanol–water partition coefficient (Wildman–Crippen LogP) is 1.80. The second-order valence-electron chi connectivity index (χ2n) is 7.62. The molecular formula is C20H25BrN6O3S. The molecule has 2 fully saturated rings. The predicted molar refractivity (Wildman–Crippen MR) is 120 cm³/mol. The van der Waals surface area contributed by atoms with Crippen LogP contribution in [-0.4, -0.2) is 90.9 Å². The lowest BCUT2D eigenvalue weighted by atomic mass is 10.3. The van der Waals surface area contributed by atoms with Gasteiger partial charge in [0, 0.05) is 68.6 Å². The molecular weight excluding hydrogens is 484 g/mol. The zero-order valence-electron chi connectivity index (χ0n) is 17.3. The molecule has 166 valence electrons. The number of hydrogen-bond acceptors (Lipinski definition) is 6. The van der Waals surface area contributed by atoms with Gasteiger partial charge in [0.15, 0.2) is 0 Å². The van der Waals surface area contributed by atoms with Crippen LogP contribution in [0.2, 0.25) is 0 Å². The zero-order chi connectivity index (χ0) is 22.0. The van der Waals surface area contributed by atoms with Gasteiger partial charge in [-0.25, -0.2) is 23.2 Å². The first-order chi connectivity index (χ1) is 14.8. The van der Waals surface area contributed by atoms with Gasteiger partial charge in [-0.2, -0.15) is 4.31 Å². The summed E-state index contributed by atoms with van der Waals surface area (Å²) in [5.41, 5.74) is 0.916. The molecule has 0 unspecified atom stereocenters. The summed E-state index contributed by atoms with van der Waals surface area (Å²) >= 11 is 3.32.